The largest absolute Gasteiger partial charge is 0.462 e. The van der Waals surface area contributed by atoms with Crippen LogP contribution in [0.3, 0.4) is 0 Å². The summed E-state index contributed by atoms with van der Waals surface area (Å²) in [5, 5.41) is 7.09. The molecule has 0 radical (unpaired) electrons. The molecule has 0 spiro atoms. The molecule has 1 fully saturated rings. The quantitative estimate of drug-likeness (QED) is 0.880. The highest BCUT2D eigenvalue weighted by atomic mass is 16.5. The molecule has 0 saturated heterocycles. The zero-order chi connectivity index (χ0) is 16.2. The first-order valence-electron chi connectivity index (χ1n) is 8.14. The maximum atomic E-state index is 12.3. The van der Waals surface area contributed by atoms with Gasteiger partial charge >= 0.3 is 5.97 Å². The van der Waals surface area contributed by atoms with Crippen LogP contribution in [0.2, 0.25) is 0 Å². The van der Waals surface area contributed by atoms with Gasteiger partial charge in [0.05, 0.1) is 18.3 Å². The van der Waals surface area contributed by atoms with Crippen LogP contribution in [0.1, 0.15) is 49.4 Å². The minimum absolute atomic E-state index is 0.0613. The number of carbonyl (C=O) groups excluding carboxylic acids is 2. The molecule has 0 aromatic carbocycles. The maximum Gasteiger partial charge on any atom is 0.341 e. The van der Waals surface area contributed by atoms with E-state index in [1.165, 1.54) is 12.6 Å². The smallest absolute Gasteiger partial charge is 0.341 e. The minimum Gasteiger partial charge on any atom is -0.462 e. The summed E-state index contributed by atoms with van der Waals surface area (Å²) in [5.74, 6) is -0.251. The van der Waals surface area contributed by atoms with E-state index in [9.17, 15) is 9.59 Å². The molecule has 0 bridgehead atoms. The summed E-state index contributed by atoms with van der Waals surface area (Å²) in [6.07, 6.45) is 8.58. The number of fused-ring (bicyclic) bond motifs is 1. The van der Waals surface area contributed by atoms with Crippen molar-refractivity contribution in [1.82, 2.24) is 9.61 Å². The molecule has 122 valence electrons. The second kappa shape index (κ2) is 6.81. The summed E-state index contributed by atoms with van der Waals surface area (Å²) >= 11 is 0. The third kappa shape index (κ3) is 3.36. The van der Waals surface area contributed by atoms with Crippen molar-refractivity contribution in [2.75, 3.05) is 11.9 Å². The molecule has 1 amide bonds. The predicted octanol–water partition coefficient (Wildman–Crippen LogP) is 3.03. The minimum atomic E-state index is -0.404. The Balaban J connectivity index is 1.80. The maximum absolute atomic E-state index is 12.3. The lowest BCUT2D eigenvalue weighted by atomic mass is 9.88. The van der Waals surface area contributed by atoms with Crippen LogP contribution in [-0.4, -0.2) is 28.1 Å². The van der Waals surface area contributed by atoms with Crippen LogP contribution in [0.25, 0.3) is 5.52 Å². The number of nitrogens with zero attached hydrogens (tertiary/aromatic N) is 2. The standard InChI is InChI=1S/C17H21N3O3/c1-2-23-17(22)14-11-18-20-9-8-13(10-15(14)20)19-16(21)12-6-4-3-5-7-12/h8-12H,2-7H2,1H3,(H,19,21). The van der Waals surface area contributed by atoms with Crippen LogP contribution in [-0.2, 0) is 9.53 Å². The molecule has 6 heteroatoms. The van der Waals surface area contributed by atoms with E-state index in [1.807, 2.05) is 0 Å². The van der Waals surface area contributed by atoms with Gasteiger partial charge in [0.2, 0.25) is 5.91 Å². The molecule has 0 unspecified atom stereocenters. The van der Waals surface area contributed by atoms with Gasteiger partial charge < -0.3 is 10.1 Å². The topological polar surface area (TPSA) is 72.7 Å². The Bertz CT molecular complexity index is 717. The molecule has 2 heterocycles. The number of pyridine rings is 1. The number of anilines is 1. The molecule has 2 aromatic rings. The molecule has 0 aliphatic heterocycles. The molecule has 6 nitrogen and oxygen atoms in total. The van der Waals surface area contributed by atoms with Gasteiger partial charge in [-0.25, -0.2) is 9.31 Å². The number of aromatic nitrogens is 2. The molecular weight excluding hydrogens is 294 g/mol. The first-order valence-corrected chi connectivity index (χ1v) is 8.14. The molecular formula is C17H21N3O3. The first-order chi connectivity index (χ1) is 11.2. The summed E-state index contributed by atoms with van der Waals surface area (Å²) in [6.45, 7) is 2.08. The van der Waals surface area contributed by atoms with Gasteiger partial charge in [0.15, 0.2) is 0 Å². The summed E-state index contributed by atoms with van der Waals surface area (Å²) in [7, 11) is 0. The number of hydrogen-bond donors (Lipinski definition) is 1. The summed E-state index contributed by atoms with van der Waals surface area (Å²) < 4.78 is 6.63. The van der Waals surface area contributed by atoms with E-state index in [-0.39, 0.29) is 11.8 Å². The molecule has 0 atom stereocenters. The second-order valence-electron chi connectivity index (χ2n) is 5.85. The lowest BCUT2D eigenvalue weighted by Crippen LogP contribution is -2.24. The van der Waals surface area contributed by atoms with Gasteiger partial charge in [-0.15, -0.1) is 0 Å². The number of ether oxygens (including phenoxy) is 1. The van der Waals surface area contributed by atoms with Crippen molar-refractivity contribution in [3.05, 3.63) is 30.1 Å². The fraction of sp³-hybridized carbons (Fsp3) is 0.471. The SMILES string of the molecule is CCOC(=O)c1cnn2ccc(NC(=O)C3CCCCC3)cc12. The van der Waals surface area contributed by atoms with Gasteiger partial charge in [-0.2, -0.15) is 5.10 Å². The molecule has 1 aliphatic carbocycles. The summed E-state index contributed by atoms with van der Waals surface area (Å²) in [5.41, 5.74) is 1.71. The van der Waals surface area contributed by atoms with E-state index in [4.69, 9.17) is 4.74 Å². The average molecular weight is 315 g/mol. The highest BCUT2D eigenvalue weighted by molar-refractivity contribution is 5.98. The van der Waals surface area contributed by atoms with Gasteiger partial charge in [-0.1, -0.05) is 19.3 Å². The van der Waals surface area contributed by atoms with Crippen LogP contribution in [0.15, 0.2) is 24.5 Å². The molecule has 1 aliphatic rings. The monoisotopic (exact) mass is 315 g/mol. The number of carbonyl (C=O) groups is 2. The highest BCUT2D eigenvalue weighted by Gasteiger charge is 2.21. The Morgan fingerprint density at radius 1 is 1.35 bits per heavy atom. The van der Waals surface area contributed by atoms with Gasteiger partial charge in [0.1, 0.15) is 5.56 Å². The number of rotatable bonds is 4. The molecule has 2 aromatic heterocycles. The Morgan fingerprint density at radius 3 is 2.87 bits per heavy atom. The lowest BCUT2D eigenvalue weighted by molar-refractivity contribution is -0.120. The zero-order valence-electron chi connectivity index (χ0n) is 13.2. The number of hydrogen-bond acceptors (Lipinski definition) is 4. The molecule has 1 N–H and O–H groups in total. The number of esters is 1. The van der Waals surface area contributed by atoms with Crippen LogP contribution >= 0.6 is 0 Å². The lowest BCUT2D eigenvalue weighted by Gasteiger charge is -2.20. The molecule has 1 saturated carbocycles. The van der Waals surface area contributed by atoms with E-state index in [0.29, 0.717) is 23.4 Å². The highest BCUT2D eigenvalue weighted by Crippen LogP contribution is 2.25. The number of nitrogens with one attached hydrogen (secondary N) is 1. The Hall–Kier alpha value is -2.37. The van der Waals surface area contributed by atoms with Gasteiger partial charge in [0, 0.05) is 17.8 Å². The van der Waals surface area contributed by atoms with E-state index in [2.05, 4.69) is 10.4 Å². The first kappa shape index (κ1) is 15.5. The van der Waals surface area contributed by atoms with E-state index in [0.717, 1.165) is 25.7 Å². The average Bonchev–Trinajstić information content (AvgIpc) is 2.99. The third-order valence-electron chi connectivity index (χ3n) is 4.26. The van der Waals surface area contributed by atoms with E-state index >= 15 is 0 Å². The van der Waals surface area contributed by atoms with Crippen molar-refractivity contribution >= 4 is 23.1 Å². The van der Waals surface area contributed by atoms with Gasteiger partial charge in [-0.3, -0.25) is 4.79 Å². The summed E-state index contributed by atoms with van der Waals surface area (Å²) in [4.78, 5) is 24.3. The second-order valence-corrected chi connectivity index (χ2v) is 5.85. The predicted molar refractivity (Wildman–Crippen MR) is 86.4 cm³/mol. The fourth-order valence-corrected chi connectivity index (χ4v) is 3.03. The van der Waals surface area contributed by atoms with E-state index < -0.39 is 5.97 Å². The zero-order valence-corrected chi connectivity index (χ0v) is 13.2. The fourth-order valence-electron chi connectivity index (χ4n) is 3.03. The van der Waals surface area contributed by atoms with Crippen molar-refractivity contribution in [2.24, 2.45) is 5.92 Å². The third-order valence-corrected chi connectivity index (χ3v) is 4.26. The normalized spacial score (nSPS) is 15.5. The van der Waals surface area contributed by atoms with Gasteiger partial charge in [0.25, 0.3) is 0 Å². The molecule has 23 heavy (non-hydrogen) atoms. The van der Waals surface area contributed by atoms with Crippen molar-refractivity contribution in [2.45, 2.75) is 39.0 Å². The Labute approximate surface area is 134 Å². The van der Waals surface area contributed by atoms with E-state index in [1.54, 1.807) is 29.8 Å². The van der Waals surface area contributed by atoms with Crippen LogP contribution in [0, 0.1) is 5.92 Å². The van der Waals surface area contributed by atoms with Crippen LogP contribution in [0.5, 0.6) is 0 Å². The summed E-state index contributed by atoms with van der Waals surface area (Å²) in [6, 6.07) is 3.55. The Kier molecular flexibility index (Phi) is 4.60. The van der Waals surface area contributed by atoms with Crippen molar-refractivity contribution in [3.63, 3.8) is 0 Å². The van der Waals surface area contributed by atoms with Crippen molar-refractivity contribution in [3.8, 4) is 0 Å². The van der Waals surface area contributed by atoms with Crippen molar-refractivity contribution < 1.29 is 14.3 Å². The van der Waals surface area contributed by atoms with Crippen LogP contribution in [0.4, 0.5) is 5.69 Å². The Morgan fingerprint density at radius 2 is 2.13 bits per heavy atom. The van der Waals surface area contributed by atoms with Gasteiger partial charge in [-0.05, 0) is 31.9 Å². The molecule has 3 rings (SSSR count). The number of amides is 1. The van der Waals surface area contributed by atoms with Crippen LogP contribution < -0.4 is 5.32 Å². The van der Waals surface area contributed by atoms with Crippen molar-refractivity contribution in [1.29, 1.82) is 0 Å².